The Balaban J connectivity index is 0.00000192. The summed E-state index contributed by atoms with van der Waals surface area (Å²) in [6.07, 6.45) is 8.10. The topological polar surface area (TPSA) is 52.5 Å². The highest BCUT2D eigenvalue weighted by Crippen LogP contribution is 2.55. The van der Waals surface area contributed by atoms with E-state index in [0.717, 1.165) is 58.0 Å². The molecule has 2 atom stereocenters. The summed E-state index contributed by atoms with van der Waals surface area (Å²) in [6, 6.07) is 5.76. The van der Waals surface area contributed by atoms with E-state index in [4.69, 9.17) is 0 Å². The van der Waals surface area contributed by atoms with Crippen LogP contribution in [0.3, 0.4) is 0 Å². The fourth-order valence-electron chi connectivity index (χ4n) is 4.73. The minimum absolute atomic E-state index is 0. The number of rotatable bonds is 5. The number of hydrogen-bond acceptors (Lipinski definition) is 3. The second-order valence-corrected chi connectivity index (χ2v) is 7.16. The van der Waals surface area contributed by atoms with Crippen molar-refractivity contribution in [2.75, 3.05) is 13.1 Å². The van der Waals surface area contributed by atoms with Gasteiger partial charge < -0.3 is 15.5 Å². The predicted octanol–water partition coefficient (Wildman–Crippen LogP) is 3.69. The Kier molecular flexibility index (Phi) is 5.99. The fraction of sp³-hybridized carbons (Fsp3) is 0.684. The largest absolute Gasteiger partial charge is 0.508 e. The molecule has 130 valence electrons. The summed E-state index contributed by atoms with van der Waals surface area (Å²) in [6.45, 7) is 4.14. The first-order chi connectivity index (χ1) is 10.6. The van der Waals surface area contributed by atoms with Gasteiger partial charge in [0.25, 0.3) is 0 Å². The number of aliphatic hydroxyl groups is 1. The van der Waals surface area contributed by atoms with Crippen molar-refractivity contribution in [1.29, 1.82) is 0 Å². The molecule has 1 fully saturated rings. The number of phenolic OH excluding ortho intramolecular Hbond substituents is 1. The van der Waals surface area contributed by atoms with Gasteiger partial charge >= 0.3 is 0 Å². The number of benzene rings is 1. The van der Waals surface area contributed by atoms with Gasteiger partial charge in [-0.15, -0.1) is 12.4 Å². The lowest BCUT2D eigenvalue weighted by molar-refractivity contribution is -0.0869. The summed E-state index contributed by atoms with van der Waals surface area (Å²) in [5.41, 5.74) is 1.75. The molecule has 3 nitrogen and oxygen atoms in total. The van der Waals surface area contributed by atoms with Crippen molar-refractivity contribution in [2.24, 2.45) is 0 Å². The van der Waals surface area contributed by atoms with E-state index in [0.29, 0.717) is 5.75 Å². The summed E-state index contributed by atoms with van der Waals surface area (Å²) >= 11 is 0. The molecule has 1 aromatic rings. The fourth-order valence-corrected chi connectivity index (χ4v) is 4.73. The number of fused-ring (bicyclic) bond motifs is 3. The van der Waals surface area contributed by atoms with Crippen molar-refractivity contribution in [3.8, 4) is 5.75 Å². The van der Waals surface area contributed by atoms with Crippen molar-refractivity contribution in [1.82, 2.24) is 5.32 Å². The summed E-state index contributed by atoms with van der Waals surface area (Å²) in [4.78, 5) is 0. The number of aryl methyl sites for hydroxylation is 1. The SMILES string of the molecule is CCCNCCC12CCCCC1(O)CCc1ccc(O)cc12.Cl. The average molecular weight is 340 g/mol. The van der Waals surface area contributed by atoms with E-state index in [-0.39, 0.29) is 17.8 Å². The minimum atomic E-state index is -0.597. The Labute approximate surface area is 145 Å². The molecular weight excluding hydrogens is 310 g/mol. The second-order valence-electron chi connectivity index (χ2n) is 7.16. The third-order valence-electron chi connectivity index (χ3n) is 5.91. The van der Waals surface area contributed by atoms with Crippen LogP contribution in [-0.2, 0) is 11.8 Å². The molecule has 3 N–H and O–H groups in total. The van der Waals surface area contributed by atoms with Crippen LogP contribution in [0.4, 0.5) is 0 Å². The number of nitrogens with one attached hydrogen (secondary N) is 1. The van der Waals surface area contributed by atoms with E-state index >= 15 is 0 Å². The van der Waals surface area contributed by atoms with E-state index in [1.54, 1.807) is 6.07 Å². The Morgan fingerprint density at radius 2 is 1.91 bits per heavy atom. The van der Waals surface area contributed by atoms with Crippen molar-refractivity contribution < 1.29 is 10.2 Å². The normalized spacial score (nSPS) is 29.3. The van der Waals surface area contributed by atoms with Crippen LogP contribution in [0.15, 0.2) is 18.2 Å². The van der Waals surface area contributed by atoms with E-state index in [9.17, 15) is 10.2 Å². The average Bonchev–Trinajstić information content (AvgIpc) is 2.52. The molecule has 0 spiro atoms. The summed E-state index contributed by atoms with van der Waals surface area (Å²) in [5, 5.41) is 24.9. The molecule has 2 unspecified atom stereocenters. The lowest BCUT2D eigenvalue weighted by atomic mass is 9.53. The molecule has 1 saturated carbocycles. The van der Waals surface area contributed by atoms with Gasteiger partial charge in [0.15, 0.2) is 0 Å². The predicted molar refractivity (Wildman–Crippen MR) is 96.5 cm³/mol. The first kappa shape index (κ1) is 18.6. The molecule has 4 heteroatoms. The molecule has 0 bridgehead atoms. The molecule has 0 saturated heterocycles. The molecule has 2 aliphatic rings. The Morgan fingerprint density at radius 1 is 1.13 bits per heavy atom. The summed E-state index contributed by atoms with van der Waals surface area (Å²) in [5.74, 6) is 0.328. The highest BCUT2D eigenvalue weighted by atomic mass is 35.5. The zero-order valence-corrected chi connectivity index (χ0v) is 14.9. The zero-order valence-electron chi connectivity index (χ0n) is 14.1. The van der Waals surface area contributed by atoms with Crippen LogP contribution >= 0.6 is 12.4 Å². The first-order valence-electron chi connectivity index (χ1n) is 8.87. The van der Waals surface area contributed by atoms with Crippen LogP contribution in [-0.4, -0.2) is 28.9 Å². The lowest BCUT2D eigenvalue weighted by Gasteiger charge is -2.55. The van der Waals surface area contributed by atoms with Crippen LogP contribution in [0.25, 0.3) is 0 Å². The Bertz CT molecular complexity index is 536. The molecule has 3 rings (SSSR count). The van der Waals surface area contributed by atoms with Gasteiger partial charge in [0.05, 0.1) is 5.60 Å². The maximum Gasteiger partial charge on any atom is 0.115 e. The van der Waals surface area contributed by atoms with Gasteiger partial charge in [0, 0.05) is 5.41 Å². The Hall–Kier alpha value is -0.770. The number of halogens is 1. The smallest absolute Gasteiger partial charge is 0.115 e. The van der Waals surface area contributed by atoms with E-state index in [2.05, 4.69) is 18.3 Å². The van der Waals surface area contributed by atoms with E-state index < -0.39 is 5.60 Å². The Morgan fingerprint density at radius 3 is 2.70 bits per heavy atom. The number of aromatic hydroxyl groups is 1. The molecule has 0 aliphatic heterocycles. The molecule has 0 radical (unpaired) electrons. The minimum Gasteiger partial charge on any atom is -0.508 e. The van der Waals surface area contributed by atoms with Gasteiger partial charge in [-0.2, -0.15) is 0 Å². The molecule has 23 heavy (non-hydrogen) atoms. The van der Waals surface area contributed by atoms with Crippen LogP contribution in [0.1, 0.15) is 63.0 Å². The number of hydrogen-bond donors (Lipinski definition) is 3. The van der Waals surface area contributed by atoms with Crippen molar-refractivity contribution in [3.05, 3.63) is 29.3 Å². The van der Waals surface area contributed by atoms with Crippen LogP contribution in [0.5, 0.6) is 5.75 Å². The van der Waals surface area contributed by atoms with E-state index in [1.165, 1.54) is 17.5 Å². The van der Waals surface area contributed by atoms with Gasteiger partial charge in [-0.1, -0.05) is 25.8 Å². The van der Waals surface area contributed by atoms with Crippen LogP contribution in [0.2, 0.25) is 0 Å². The molecule has 0 heterocycles. The van der Waals surface area contributed by atoms with Crippen LogP contribution in [0, 0.1) is 0 Å². The van der Waals surface area contributed by atoms with Crippen molar-refractivity contribution in [2.45, 2.75) is 69.3 Å². The highest BCUT2D eigenvalue weighted by molar-refractivity contribution is 5.85. The summed E-state index contributed by atoms with van der Waals surface area (Å²) in [7, 11) is 0. The first-order valence-corrected chi connectivity index (χ1v) is 8.87. The van der Waals surface area contributed by atoms with Gasteiger partial charge in [0.2, 0.25) is 0 Å². The molecular formula is C19H30ClNO2. The molecule has 0 amide bonds. The van der Waals surface area contributed by atoms with Gasteiger partial charge in [-0.3, -0.25) is 0 Å². The lowest BCUT2D eigenvalue weighted by Crippen LogP contribution is -2.57. The van der Waals surface area contributed by atoms with E-state index in [1.807, 2.05) is 6.07 Å². The third-order valence-corrected chi connectivity index (χ3v) is 5.91. The van der Waals surface area contributed by atoms with Crippen molar-refractivity contribution in [3.63, 3.8) is 0 Å². The van der Waals surface area contributed by atoms with Gasteiger partial charge in [-0.25, -0.2) is 0 Å². The van der Waals surface area contributed by atoms with Gasteiger partial charge in [0.1, 0.15) is 5.75 Å². The van der Waals surface area contributed by atoms with Crippen molar-refractivity contribution >= 4 is 12.4 Å². The number of phenols is 1. The monoisotopic (exact) mass is 339 g/mol. The standard InChI is InChI=1S/C19H29NO2.ClH/c1-2-12-20-13-11-18-8-3-4-9-19(18,22)10-7-15-5-6-16(21)14-17(15)18;/h5-6,14,20-22H,2-4,7-13H2,1H3;1H. The van der Waals surface area contributed by atoms with Gasteiger partial charge in [-0.05, 0) is 74.9 Å². The second kappa shape index (κ2) is 7.42. The highest BCUT2D eigenvalue weighted by Gasteiger charge is 2.54. The summed E-state index contributed by atoms with van der Waals surface area (Å²) < 4.78 is 0. The molecule has 2 aliphatic carbocycles. The molecule has 1 aromatic carbocycles. The maximum atomic E-state index is 11.4. The molecule has 0 aromatic heterocycles. The van der Waals surface area contributed by atoms with Crippen LogP contribution < -0.4 is 5.32 Å². The quantitative estimate of drug-likeness (QED) is 0.717. The third kappa shape index (κ3) is 3.24. The zero-order chi connectivity index (χ0) is 15.6. The maximum absolute atomic E-state index is 11.4.